The first-order valence-corrected chi connectivity index (χ1v) is 10.4. The molecule has 0 amide bonds. The first-order chi connectivity index (χ1) is 13.3. The molecule has 0 spiro atoms. The summed E-state index contributed by atoms with van der Waals surface area (Å²) in [6.07, 6.45) is 7.79. The summed E-state index contributed by atoms with van der Waals surface area (Å²) in [5, 5.41) is 10.4. The molecule has 2 rings (SSSR count). The Kier molecular flexibility index (Phi) is 10.9. The summed E-state index contributed by atoms with van der Waals surface area (Å²) in [5.41, 5.74) is 7.96. The van der Waals surface area contributed by atoms with E-state index in [-0.39, 0.29) is 0 Å². The van der Waals surface area contributed by atoms with E-state index in [0.29, 0.717) is 0 Å². The van der Waals surface area contributed by atoms with Gasteiger partial charge in [0.1, 0.15) is 11.6 Å². The molecule has 6 heteroatoms. The molecule has 1 aromatic carbocycles. The van der Waals surface area contributed by atoms with Crippen molar-refractivity contribution in [2.45, 2.75) is 44.9 Å². The number of fused-ring (bicyclic) bond motifs is 1. The molecule has 152 valence electrons. The van der Waals surface area contributed by atoms with Gasteiger partial charge in [-0.25, -0.2) is 0 Å². The van der Waals surface area contributed by atoms with Gasteiger partial charge in [-0.1, -0.05) is 0 Å². The fourth-order valence-electron chi connectivity index (χ4n) is 3.20. The van der Waals surface area contributed by atoms with Crippen LogP contribution in [0.25, 0.3) is 0 Å². The number of nitrogens with zero attached hydrogens (tertiary/aromatic N) is 1. The van der Waals surface area contributed by atoms with Gasteiger partial charge in [-0.05, 0) is 95.0 Å². The molecule has 0 aliphatic carbocycles. The van der Waals surface area contributed by atoms with Gasteiger partial charge in [0.05, 0.1) is 7.11 Å². The van der Waals surface area contributed by atoms with Gasteiger partial charge in [-0.3, -0.25) is 4.99 Å². The number of nitrogens with one attached hydrogen (secondary N) is 3. The SMILES string of the molecule is COc1ccc2c(c1)CCCC(=NCCCNCCCCNCCCN)N2. The first kappa shape index (κ1) is 21.7. The van der Waals surface area contributed by atoms with Crippen molar-refractivity contribution in [2.24, 2.45) is 10.7 Å². The van der Waals surface area contributed by atoms with Crippen LogP contribution in [0.3, 0.4) is 0 Å². The number of rotatable bonds is 13. The molecule has 0 fully saturated rings. The van der Waals surface area contributed by atoms with Gasteiger partial charge in [0.25, 0.3) is 0 Å². The zero-order chi connectivity index (χ0) is 19.2. The Morgan fingerprint density at radius 3 is 2.52 bits per heavy atom. The van der Waals surface area contributed by atoms with Gasteiger partial charge in [0, 0.05) is 18.7 Å². The number of anilines is 1. The highest BCUT2D eigenvalue weighted by Crippen LogP contribution is 2.26. The lowest BCUT2D eigenvalue weighted by atomic mass is 10.1. The maximum atomic E-state index is 5.47. The van der Waals surface area contributed by atoms with Crippen LogP contribution in [0, 0.1) is 0 Å². The smallest absolute Gasteiger partial charge is 0.119 e. The average molecular weight is 376 g/mol. The van der Waals surface area contributed by atoms with Crippen molar-refractivity contribution in [2.75, 3.05) is 51.7 Å². The number of aryl methyl sites for hydroxylation is 1. The van der Waals surface area contributed by atoms with Crippen LogP contribution in [0.2, 0.25) is 0 Å². The predicted molar refractivity (Wildman–Crippen MR) is 115 cm³/mol. The topological polar surface area (TPSA) is 83.7 Å². The van der Waals surface area contributed by atoms with Crippen LogP contribution < -0.4 is 26.4 Å². The standard InChI is InChI=1S/C21H37N5O/c1-27-19-9-10-20-18(17-19)7-4-8-21(26-20)25-16-6-15-24-13-3-2-12-23-14-5-11-22/h9-10,17,23-24H,2-8,11-16,22H2,1H3,(H,25,26). The van der Waals surface area contributed by atoms with Crippen LogP contribution >= 0.6 is 0 Å². The van der Waals surface area contributed by atoms with Crippen molar-refractivity contribution >= 4 is 11.5 Å². The van der Waals surface area contributed by atoms with E-state index < -0.39 is 0 Å². The monoisotopic (exact) mass is 375 g/mol. The van der Waals surface area contributed by atoms with E-state index in [1.807, 2.05) is 6.07 Å². The van der Waals surface area contributed by atoms with Crippen molar-refractivity contribution in [1.29, 1.82) is 0 Å². The third kappa shape index (κ3) is 8.73. The Labute approximate surface area is 164 Å². The van der Waals surface area contributed by atoms with E-state index in [1.54, 1.807) is 7.11 Å². The van der Waals surface area contributed by atoms with Gasteiger partial charge in [0.2, 0.25) is 0 Å². The lowest BCUT2D eigenvalue weighted by Crippen LogP contribution is -2.22. The first-order valence-electron chi connectivity index (χ1n) is 10.4. The largest absolute Gasteiger partial charge is 0.497 e. The molecule has 0 unspecified atom stereocenters. The van der Waals surface area contributed by atoms with E-state index in [0.717, 1.165) is 83.0 Å². The van der Waals surface area contributed by atoms with Gasteiger partial charge < -0.3 is 26.4 Å². The normalized spacial score (nSPS) is 15.3. The molecule has 1 heterocycles. The fraction of sp³-hybridized carbons (Fsp3) is 0.667. The molecular formula is C21H37N5O. The Morgan fingerprint density at radius 1 is 1.04 bits per heavy atom. The van der Waals surface area contributed by atoms with Crippen molar-refractivity contribution in [1.82, 2.24) is 10.6 Å². The van der Waals surface area contributed by atoms with E-state index >= 15 is 0 Å². The van der Waals surface area contributed by atoms with Crippen LogP contribution in [-0.2, 0) is 6.42 Å². The summed E-state index contributed by atoms with van der Waals surface area (Å²) in [4.78, 5) is 4.77. The predicted octanol–water partition coefficient (Wildman–Crippen LogP) is 2.54. The summed E-state index contributed by atoms with van der Waals surface area (Å²) in [6.45, 7) is 5.90. The number of hydrogen-bond donors (Lipinski definition) is 4. The van der Waals surface area contributed by atoms with Crippen LogP contribution in [0.5, 0.6) is 5.75 Å². The second-order valence-electron chi connectivity index (χ2n) is 7.03. The minimum atomic E-state index is 0.773. The summed E-state index contributed by atoms with van der Waals surface area (Å²) in [7, 11) is 1.72. The third-order valence-electron chi connectivity index (χ3n) is 4.78. The van der Waals surface area contributed by atoms with E-state index in [2.05, 4.69) is 28.1 Å². The quantitative estimate of drug-likeness (QED) is 0.398. The Morgan fingerprint density at radius 2 is 1.78 bits per heavy atom. The summed E-state index contributed by atoms with van der Waals surface area (Å²) < 4.78 is 5.32. The molecule has 0 aromatic heterocycles. The Balaban J connectivity index is 1.56. The summed E-state index contributed by atoms with van der Waals surface area (Å²) in [6, 6.07) is 6.23. The molecule has 1 aromatic rings. The molecule has 0 saturated carbocycles. The molecule has 27 heavy (non-hydrogen) atoms. The van der Waals surface area contributed by atoms with Crippen molar-refractivity contribution < 1.29 is 4.74 Å². The van der Waals surface area contributed by atoms with E-state index in [9.17, 15) is 0 Å². The van der Waals surface area contributed by atoms with Crippen LogP contribution in [0.4, 0.5) is 5.69 Å². The lowest BCUT2D eigenvalue weighted by molar-refractivity contribution is 0.414. The minimum Gasteiger partial charge on any atom is -0.497 e. The zero-order valence-electron chi connectivity index (χ0n) is 16.9. The fourth-order valence-corrected chi connectivity index (χ4v) is 3.20. The molecular weight excluding hydrogens is 338 g/mol. The molecule has 0 bridgehead atoms. The third-order valence-corrected chi connectivity index (χ3v) is 4.78. The highest BCUT2D eigenvalue weighted by Gasteiger charge is 2.12. The number of unbranched alkanes of at least 4 members (excludes halogenated alkanes) is 1. The molecule has 0 radical (unpaired) electrons. The molecule has 1 aliphatic heterocycles. The van der Waals surface area contributed by atoms with Crippen LogP contribution in [0.15, 0.2) is 23.2 Å². The van der Waals surface area contributed by atoms with Crippen molar-refractivity contribution in [3.8, 4) is 5.75 Å². The molecule has 6 nitrogen and oxygen atoms in total. The number of hydrogen-bond acceptors (Lipinski definition) is 5. The molecule has 5 N–H and O–H groups in total. The average Bonchev–Trinajstić information content (AvgIpc) is 2.90. The number of benzene rings is 1. The van der Waals surface area contributed by atoms with Gasteiger partial charge in [-0.2, -0.15) is 0 Å². The maximum Gasteiger partial charge on any atom is 0.119 e. The highest BCUT2D eigenvalue weighted by molar-refractivity contribution is 5.96. The Hall–Kier alpha value is -1.63. The molecule has 0 saturated heterocycles. The number of aliphatic imine (C=N–C) groups is 1. The van der Waals surface area contributed by atoms with Gasteiger partial charge in [-0.15, -0.1) is 0 Å². The lowest BCUT2D eigenvalue weighted by Gasteiger charge is -2.10. The van der Waals surface area contributed by atoms with E-state index in [1.165, 1.54) is 24.1 Å². The number of methoxy groups -OCH3 is 1. The van der Waals surface area contributed by atoms with Crippen molar-refractivity contribution in [3.05, 3.63) is 23.8 Å². The molecule has 1 aliphatic rings. The van der Waals surface area contributed by atoms with Crippen LogP contribution in [0.1, 0.15) is 44.1 Å². The summed E-state index contributed by atoms with van der Waals surface area (Å²) in [5.74, 6) is 2.04. The second kappa shape index (κ2) is 13.5. The highest BCUT2D eigenvalue weighted by atomic mass is 16.5. The number of amidine groups is 1. The van der Waals surface area contributed by atoms with Crippen molar-refractivity contribution in [3.63, 3.8) is 0 Å². The number of ether oxygens (including phenoxy) is 1. The minimum absolute atomic E-state index is 0.773. The molecule has 0 atom stereocenters. The zero-order valence-corrected chi connectivity index (χ0v) is 16.9. The van der Waals surface area contributed by atoms with Gasteiger partial charge in [0.15, 0.2) is 0 Å². The maximum absolute atomic E-state index is 5.47. The van der Waals surface area contributed by atoms with E-state index in [4.69, 9.17) is 15.5 Å². The number of nitrogens with two attached hydrogens (primary N) is 1. The van der Waals surface area contributed by atoms with Crippen LogP contribution in [-0.4, -0.2) is 52.2 Å². The second-order valence-corrected chi connectivity index (χ2v) is 7.03. The summed E-state index contributed by atoms with van der Waals surface area (Å²) >= 11 is 0. The Bertz CT molecular complexity index is 562. The van der Waals surface area contributed by atoms with Gasteiger partial charge >= 0.3 is 0 Å².